The lowest BCUT2D eigenvalue weighted by Gasteiger charge is -2.22. The van der Waals surface area contributed by atoms with E-state index in [-0.39, 0.29) is 0 Å². The molecule has 5 heteroatoms. The van der Waals surface area contributed by atoms with Gasteiger partial charge in [-0.1, -0.05) is 60.7 Å². The lowest BCUT2D eigenvalue weighted by molar-refractivity contribution is 0.487. The third kappa shape index (κ3) is 3.41. The molecule has 144 valence electrons. The van der Waals surface area contributed by atoms with Crippen LogP contribution in [0.2, 0.25) is 0 Å². The van der Waals surface area contributed by atoms with Crippen molar-refractivity contribution in [2.75, 3.05) is 22.9 Å². The van der Waals surface area contributed by atoms with Gasteiger partial charge in [-0.2, -0.15) is 0 Å². The normalized spacial score (nSPS) is 10.6. The minimum Gasteiger partial charge on any atom is -0.454 e. The molecule has 0 heterocycles. The summed E-state index contributed by atoms with van der Waals surface area (Å²) in [5.41, 5.74) is 30.1. The summed E-state index contributed by atoms with van der Waals surface area (Å²) in [6, 6.07) is 26.8. The van der Waals surface area contributed by atoms with Gasteiger partial charge in [0.15, 0.2) is 5.75 Å². The molecule has 0 saturated carbocycles. The molecule has 0 bridgehead atoms. The number of rotatable bonds is 4. The summed E-state index contributed by atoms with van der Waals surface area (Å²) in [6.45, 7) is 0. The van der Waals surface area contributed by atoms with Gasteiger partial charge in [-0.15, -0.1) is 0 Å². The second kappa shape index (κ2) is 7.48. The Morgan fingerprint density at radius 1 is 0.483 bits per heavy atom. The zero-order valence-corrected chi connectivity index (χ0v) is 15.8. The maximum absolute atomic E-state index is 6.46. The van der Waals surface area contributed by atoms with Gasteiger partial charge in [0.25, 0.3) is 0 Å². The first-order valence-corrected chi connectivity index (χ1v) is 9.21. The number of benzene rings is 4. The largest absolute Gasteiger partial charge is 0.454 e. The zero-order chi connectivity index (χ0) is 20.4. The summed E-state index contributed by atoms with van der Waals surface area (Å²) in [6.07, 6.45) is 0. The summed E-state index contributed by atoms with van der Waals surface area (Å²) in [5, 5.41) is 0. The summed E-state index contributed by atoms with van der Waals surface area (Å²) in [4.78, 5) is 0. The Bertz CT molecular complexity index is 1140. The van der Waals surface area contributed by atoms with E-state index >= 15 is 0 Å². The van der Waals surface area contributed by atoms with Gasteiger partial charge in [0, 0.05) is 16.8 Å². The molecule has 4 rings (SSSR count). The molecule has 4 aromatic rings. The number of nitrogen functional groups attached to an aromatic ring is 4. The van der Waals surface area contributed by atoms with Crippen molar-refractivity contribution in [1.29, 1.82) is 0 Å². The first kappa shape index (κ1) is 18.3. The third-order valence-electron chi connectivity index (χ3n) is 4.80. The Balaban J connectivity index is 2.03. The van der Waals surface area contributed by atoms with E-state index in [1.54, 1.807) is 24.3 Å². The number of hydrogen-bond acceptors (Lipinski definition) is 5. The highest BCUT2D eigenvalue weighted by atomic mass is 16.5. The smallest absolute Gasteiger partial charge is 0.161 e. The van der Waals surface area contributed by atoms with E-state index in [2.05, 4.69) is 0 Å². The maximum Gasteiger partial charge on any atom is 0.161 e. The molecule has 0 aromatic heterocycles. The average molecular weight is 382 g/mol. The van der Waals surface area contributed by atoms with Crippen LogP contribution in [-0.2, 0) is 0 Å². The molecular weight excluding hydrogens is 360 g/mol. The highest BCUT2D eigenvalue weighted by Crippen LogP contribution is 2.51. The standard InChI is InChI=1S/C24H22N4O/c25-17-11-13-18(14-12-17)29-24-20(16-9-5-2-6-10-16)19(15-7-3-1-4-8-15)21(26)22(27)23(24)28/h1-14H,25-28H2. The molecule has 0 spiro atoms. The minimum atomic E-state index is 0.300. The lowest BCUT2D eigenvalue weighted by Crippen LogP contribution is -2.07. The zero-order valence-electron chi connectivity index (χ0n) is 15.8. The SMILES string of the molecule is Nc1ccc(Oc2c(N)c(N)c(N)c(-c3ccccc3)c2-c2ccccc2)cc1. The van der Waals surface area contributed by atoms with Gasteiger partial charge in [-0.3, -0.25) is 0 Å². The molecule has 0 saturated heterocycles. The van der Waals surface area contributed by atoms with E-state index in [0.717, 1.165) is 22.3 Å². The van der Waals surface area contributed by atoms with Crippen molar-refractivity contribution in [2.24, 2.45) is 0 Å². The van der Waals surface area contributed by atoms with E-state index in [0.29, 0.717) is 34.2 Å². The van der Waals surface area contributed by atoms with Crippen LogP contribution in [0.4, 0.5) is 22.7 Å². The van der Waals surface area contributed by atoms with Crippen LogP contribution in [0.3, 0.4) is 0 Å². The van der Waals surface area contributed by atoms with Crippen LogP contribution in [0.25, 0.3) is 22.3 Å². The fourth-order valence-electron chi connectivity index (χ4n) is 3.33. The van der Waals surface area contributed by atoms with Crippen LogP contribution in [0.15, 0.2) is 84.9 Å². The van der Waals surface area contributed by atoms with Crippen molar-refractivity contribution >= 4 is 22.7 Å². The summed E-state index contributed by atoms with van der Waals surface area (Å²) in [5.74, 6) is 1.07. The van der Waals surface area contributed by atoms with Crippen molar-refractivity contribution in [3.63, 3.8) is 0 Å². The summed E-state index contributed by atoms with van der Waals surface area (Å²) >= 11 is 0. The average Bonchev–Trinajstić information content (AvgIpc) is 2.76. The van der Waals surface area contributed by atoms with E-state index in [9.17, 15) is 0 Å². The molecule has 0 radical (unpaired) electrons. The van der Waals surface area contributed by atoms with Gasteiger partial charge < -0.3 is 27.7 Å². The molecular formula is C24H22N4O. The Kier molecular flexibility index (Phi) is 4.71. The van der Waals surface area contributed by atoms with Gasteiger partial charge in [0.2, 0.25) is 0 Å². The van der Waals surface area contributed by atoms with Crippen LogP contribution in [0.5, 0.6) is 11.5 Å². The number of ether oxygens (including phenoxy) is 1. The highest BCUT2D eigenvalue weighted by molar-refractivity contribution is 6.04. The van der Waals surface area contributed by atoms with Crippen molar-refractivity contribution in [3.8, 4) is 33.8 Å². The van der Waals surface area contributed by atoms with Crippen LogP contribution in [-0.4, -0.2) is 0 Å². The second-order valence-corrected chi connectivity index (χ2v) is 6.72. The maximum atomic E-state index is 6.46. The van der Waals surface area contributed by atoms with Crippen LogP contribution >= 0.6 is 0 Å². The Morgan fingerprint density at radius 2 is 1.00 bits per heavy atom. The molecule has 0 amide bonds. The van der Waals surface area contributed by atoms with Crippen LogP contribution in [0.1, 0.15) is 0 Å². The second-order valence-electron chi connectivity index (χ2n) is 6.72. The van der Waals surface area contributed by atoms with E-state index < -0.39 is 0 Å². The van der Waals surface area contributed by atoms with Crippen molar-refractivity contribution < 1.29 is 4.74 Å². The molecule has 0 unspecified atom stereocenters. The molecule has 0 aliphatic heterocycles. The van der Waals surface area contributed by atoms with Crippen LogP contribution in [0, 0.1) is 0 Å². The predicted octanol–water partition coefficient (Wildman–Crippen LogP) is 5.14. The number of anilines is 4. The third-order valence-corrected chi connectivity index (χ3v) is 4.80. The quantitative estimate of drug-likeness (QED) is 0.365. The van der Waals surface area contributed by atoms with Gasteiger partial charge in [-0.05, 0) is 35.4 Å². The Labute approximate surface area is 169 Å². The van der Waals surface area contributed by atoms with Gasteiger partial charge in [-0.25, -0.2) is 0 Å². The van der Waals surface area contributed by atoms with Crippen molar-refractivity contribution in [3.05, 3.63) is 84.9 Å². The predicted molar refractivity (Wildman–Crippen MR) is 121 cm³/mol. The molecule has 0 aliphatic carbocycles. The number of nitrogens with two attached hydrogens (primary N) is 4. The topological polar surface area (TPSA) is 113 Å². The highest BCUT2D eigenvalue weighted by Gasteiger charge is 2.23. The fraction of sp³-hybridized carbons (Fsp3) is 0. The van der Waals surface area contributed by atoms with Crippen molar-refractivity contribution in [2.45, 2.75) is 0 Å². The minimum absolute atomic E-state index is 0.300. The Hall–Kier alpha value is -4.12. The molecule has 0 fully saturated rings. The summed E-state index contributed by atoms with van der Waals surface area (Å²) in [7, 11) is 0. The Morgan fingerprint density at radius 3 is 1.55 bits per heavy atom. The van der Waals surface area contributed by atoms with E-state index in [1.165, 1.54) is 0 Å². The van der Waals surface area contributed by atoms with Gasteiger partial charge in [0.05, 0.1) is 11.4 Å². The number of hydrogen-bond donors (Lipinski definition) is 4. The molecule has 0 aliphatic rings. The van der Waals surface area contributed by atoms with Gasteiger partial charge >= 0.3 is 0 Å². The summed E-state index contributed by atoms with van der Waals surface area (Å²) < 4.78 is 6.23. The molecule has 8 N–H and O–H groups in total. The van der Waals surface area contributed by atoms with Crippen molar-refractivity contribution in [1.82, 2.24) is 0 Å². The fourth-order valence-corrected chi connectivity index (χ4v) is 3.33. The molecule has 5 nitrogen and oxygen atoms in total. The molecule has 0 atom stereocenters. The molecule has 4 aromatic carbocycles. The van der Waals surface area contributed by atoms with Crippen LogP contribution < -0.4 is 27.7 Å². The first-order chi connectivity index (χ1) is 14.1. The monoisotopic (exact) mass is 382 g/mol. The van der Waals surface area contributed by atoms with Gasteiger partial charge in [0.1, 0.15) is 11.4 Å². The van der Waals surface area contributed by atoms with E-state index in [4.69, 9.17) is 27.7 Å². The lowest BCUT2D eigenvalue weighted by atomic mass is 9.90. The first-order valence-electron chi connectivity index (χ1n) is 9.21. The van der Waals surface area contributed by atoms with E-state index in [1.807, 2.05) is 60.7 Å². The molecule has 29 heavy (non-hydrogen) atoms.